The number of aliphatic hydroxyl groups excluding tert-OH is 2. The van der Waals surface area contributed by atoms with Crippen LogP contribution in [-0.2, 0) is 9.47 Å². The van der Waals surface area contributed by atoms with Gasteiger partial charge in [0.2, 0.25) is 0 Å². The van der Waals surface area contributed by atoms with Crippen LogP contribution in [-0.4, -0.2) is 62.2 Å². The van der Waals surface area contributed by atoms with Crippen molar-refractivity contribution < 1.29 is 46.0 Å². The van der Waals surface area contributed by atoms with Crippen LogP contribution in [0.3, 0.4) is 0 Å². The molecule has 10 heteroatoms. The molecule has 0 aromatic rings. The largest absolute Gasteiger partial charge is 0.411 e. The molecule has 0 atom stereocenters. The molecule has 4 nitrogen and oxygen atoms in total. The summed E-state index contributed by atoms with van der Waals surface area (Å²) in [4.78, 5) is 0. The number of alkyl halides is 6. The molecule has 0 radical (unpaired) electrons. The fourth-order valence-corrected chi connectivity index (χ4v) is 1.04. The summed E-state index contributed by atoms with van der Waals surface area (Å²) in [7, 11) is 0. The predicted octanol–water partition coefficient (Wildman–Crippen LogP) is 1.12. The minimum absolute atomic E-state index is 0.780. The van der Waals surface area contributed by atoms with E-state index in [1.54, 1.807) is 0 Å². The molecule has 0 aliphatic rings. The maximum atomic E-state index is 11.8. The Kier molecular flexibility index (Phi) is 7.05. The van der Waals surface area contributed by atoms with Crippen molar-refractivity contribution in [3.05, 3.63) is 0 Å². The van der Waals surface area contributed by atoms with Crippen molar-refractivity contribution in [2.75, 3.05) is 39.6 Å². The zero-order valence-corrected chi connectivity index (χ0v) is 9.72. The second-order valence-corrected chi connectivity index (χ2v) is 4.03. The van der Waals surface area contributed by atoms with E-state index in [-0.39, 0.29) is 0 Å². The van der Waals surface area contributed by atoms with Crippen LogP contribution in [0.5, 0.6) is 0 Å². The quantitative estimate of drug-likeness (QED) is 0.660. The van der Waals surface area contributed by atoms with Gasteiger partial charge in [-0.15, -0.1) is 0 Å². The van der Waals surface area contributed by atoms with Crippen molar-refractivity contribution >= 4 is 0 Å². The molecule has 2 N–H and O–H groups in total. The Morgan fingerprint density at radius 3 is 1.16 bits per heavy atom. The van der Waals surface area contributed by atoms with Gasteiger partial charge in [-0.25, -0.2) is 0 Å². The SMILES string of the molecule is OCC(CO)(COCC(F)(F)F)COCC(F)(F)F. The first kappa shape index (κ1) is 18.4. The average Bonchev–Trinajstić information content (AvgIpc) is 2.24. The fourth-order valence-electron chi connectivity index (χ4n) is 1.04. The maximum absolute atomic E-state index is 11.8. The van der Waals surface area contributed by atoms with Gasteiger partial charge in [-0.3, -0.25) is 0 Å². The minimum Gasteiger partial charge on any atom is -0.396 e. The van der Waals surface area contributed by atoms with Crippen LogP contribution in [0.4, 0.5) is 26.3 Å². The first-order valence-corrected chi connectivity index (χ1v) is 5.04. The Balaban J connectivity index is 4.26. The van der Waals surface area contributed by atoms with Crippen LogP contribution in [0.15, 0.2) is 0 Å². The highest BCUT2D eigenvalue weighted by atomic mass is 19.4. The zero-order chi connectivity index (χ0) is 15.2. The third-order valence-electron chi connectivity index (χ3n) is 2.02. The number of hydrogen-bond donors (Lipinski definition) is 2. The van der Waals surface area contributed by atoms with Crippen LogP contribution in [0.25, 0.3) is 0 Å². The van der Waals surface area contributed by atoms with Crippen LogP contribution < -0.4 is 0 Å². The summed E-state index contributed by atoms with van der Waals surface area (Å²) in [5.74, 6) is 0. The molecule has 0 bridgehead atoms. The second-order valence-electron chi connectivity index (χ2n) is 4.03. The molecule has 0 unspecified atom stereocenters. The van der Waals surface area contributed by atoms with Gasteiger partial charge in [-0.05, 0) is 0 Å². The van der Waals surface area contributed by atoms with Crippen molar-refractivity contribution in [1.82, 2.24) is 0 Å². The molecule has 0 fully saturated rings. The molecule has 0 amide bonds. The molecule has 0 rings (SSSR count). The number of aliphatic hydroxyl groups is 2. The highest BCUT2D eigenvalue weighted by Gasteiger charge is 2.35. The Morgan fingerprint density at radius 2 is 0.947 bits per heavy atom. The summed E-state index contributed by atoms with van der Waals surface area (Å²) < 4.78 is 79.3. The normalized spacial score (nSPS) is 13.9. The van der Waals surface area contributed by atoms with Gasteiger partial charge in [0.15, 0.2) is 0 Å². The van der Waals surface area contributed by atoms with Crippen LogP contribution in [0.2, 0.25) is 0 Å². The van der Waals surface area contributed by atoms with Gasteiger partial charge in [0.25, 0.3) is 0 Å². The molecule has 0 spiro atoms. The smallest absolute Gasteiger partial charge is 0.396 e. The van der Waals surface area contributed by atoms with Crippen LogP contribution >= 0.6 is 0 Å². The van der Waals surface area contributed by atoms with E-state index in [0.717, 1.165) is 0 Å². The summed E-state index contributed by atoms with van der Waals surface area (Å²) in [6.45, 7) is -6.57. The Labute approximate surface area is 104 Å². The van der Waals surface area contributed by atoms with E-state index in [0.29, 0.717) is 0 Å². The monoisotopic (exact) mass is 300 g/mol. The van der Waals surface area contributed by atoms with Crippen LogP contribution in [0, 0.1) is 5.41 Å². The van der Waals surface area contributed by atoms with E-state index in [1.807, 2.05) is 0 Å². The Hall–Kier alpha value is -0.580. The summed E-state index contributed by atoms with van der Waals surface area (Å²) in [5.41, 5.74) is -1.71. The van der Waals surface area contributed by atoms with Gasteiger partial charge >= 0.3 is 12.4 Å². The highest BCUT2D eigenvalue weighted by molar-refractivity contribution is 4.78. The zero-order valence-electron chi connectivity index (χ0n) is 9.72. The summed E-state index contributed by atoms with van der Waals surface area (Å²) >= 11 is 0. The lowest BCUT2D eigenvalue weighted by Gasteiger charge is -2.29. The molecule has 19 heavy (non-hydrogen) atoms. The van der Waals surface area contributed by atoms with Crippen molar-refractivity contribution in [1.29, 1.82) is 0 Å². The van der Waals surface area contributed by atoms with Gasteiger partial charge in [-0.2, -0.15) is 26.3 Å². The second kappa shape index (κ2) is 7.27. The molecule has 0 aromatic carbocycles. The lowest BCUT2D eigenvalue weighted by atomic mass is 9.92. The van der Waals surface area contributed by atoms with E-state index < -0.39 is 57.4 Å². The van der Waals surface area contributed by atoms with E-state index in [2.05, 4.69) is 9.47 Å². The molecule has 0 heterocycles. The minimum atomic E-state index is -4.61. The third kappa shape index (κ3) is 9.03. The number of halogens is 6. The molecule has 0 saturated carbocycles. The predicted molar refractivity (Wildman–Crippen MR) is 50.4 cm³/mol. The highest BCUT2D eigenvalue weighted by Crippen LogP contribution is 2.22. The van der Waals surface area contributed by atoms with Crippen molar-refractivity contribution in [3.63, 3.8) is 0 Å². The first-order valence-electron chi connectivity index (χ1n) is 5.04. The molecule has 0 aliphatic carbocycles. The van der Waals surface area contributed by atoms with E-state index in [4.69, 9.17) is 10.2 Å². The van der Waals surface area contributed by atoms with Gasteiger partial charge < -0.3 is 19.7 Å². The number of hydrogen-bond acceptors (Lipinski definition) is 4. The maximum Gasteiger partial charge on any atom is 0.411 e. The molecular weight excluding hydrogens is 286 g/mol. The summed E-state index contributed by atoms with van der Waals surface area (Å²) in [5, 5.41) is 17.9. The Bertz CT molecular complexity index is 226. The topological polar surface area (TPSA) is 58.9 Å². The third-order valence-corrected chi connectivity index (χ3v) is 2.02. The fraction of sp³-hybridized carbons (Fsp3) is 1.00. The van der Waals surface area contributed by atoms with E-state index >= 15 is 0 Å². The Morgan fingerprint density at radius 1 is 0.632 bits per heavy atom. The average molecular weight is 300 g/mol. The standard InChI is InChI=1S/C9H14F6O4/c10-8(11,12)5-18-3-7(1-16,2-17)4-19-6-9(13,14)15/h16-17H,1-6H2. The molecule has 0 aromatic heterocycles. The van der Waals surface area contributed by atoms with Crippen molar-refractivity contribution in [2.24, 2.45) is 5.41 Å². The van der Waals surface area contributed by atoms with Crippen LogP contribution in [0.1, 0.15) is 0 Å². The summed E-state index contributed by atoms with van der Waals surface area (Å²) in [6, 6.07) is 0. The van der Waals surface area contributed by atoms with Gasteiger partial charge in [0.1, 0.15) is 13.2 Å². The van der Waals surface area contributed by atoms with Gasteiger partial charge in [0, 0.05) is 0 Å². The lowest BCUT2D eigenvalue weighted by molar-refractivity contribution is -0.202. The van der Waals surface area contributed by atoms with Gasteiger partial charge in [0.05, 0.1) is 31.8 Å². The summed E-state index contributed by atoms with van der Waals surface area (Å²) in [6.07, 6.45) is -9.22. The molecule has 0 saturated heterocycles. The number of ether oxygens (including phenoxy) is 2. The van der Waals surface area contributed by atoms with E-state index in [9.17, 15) is 26.3 Å². The van der Waals surface area contributed by atoms with Crippen molar-refractivity contribution in [2.45, 2.75) is 12.4 Å². The van der Waals surface area contributed by atoms with E-state index in [1.165, 1.54) is 0 Å². The molecule has 0 aliphatic heterocycles. The first-order chi connectivity index (χ1) is 8.54. The number of rotatable bonds is 8. The van der Waals surface area contributed by atoms with Crippen molar-refractivity contribution in [3.8, 4) is 0 Å². The van der Waals surface area contributed by atoms with Gasteiger partial charge in [-0.1, -0.05) is 0 Å². The molecule has 116 valence electrons. The molecular formula is C9H14F6O4. The lowest BCUT2D eigenvalue weighted by Crippen LogP contribution is -2.41.